The lowest BCUT2D eigenvalue weighted by atomic mass is 9.78. The van der Waals surface area contributed by atoms with E-state index < -0.39 is 191 Å². The van der Waals surface area contributed by atoms with Gasteiger partial charge in [0.2, 0.25) is 76.8 Å². The topological polar surface area (TPSA) is 290 Å². The van der Waals surface area contributed by atoms with Crippen LogP contribution >= 0.6 is 11.6 Å². The molecule has 3 aliphatic heterocycles. The normalized spacial score (nSPS) is 30.3. The van der Waals surface area contributed by atoms with Crippen LogP contribution in [0.25, 0.3) is 0 Å². The van der Waals surface area contributed by atoms with Gasteiger partial charge in [-0.3, -0.25) is 62.3 Å². The van der Waals surface area contributed by atoms with Crippen LogP contribution in [0.2, 0.25) is 0 Å². The van der Waals surface area contributed by atoms with Crippen molar-refractivity contribution in [3.8, 4) is 0 Å². The number of carbonyl (C=O) groups is 13. The van der Waals surface area contributed by atoms with Crippen molar-refractivity contribution in [1.29, 1.82) is 0 Å². The fourth-order valence-electron chi connectivity index (χ4n) is 16.7. The maximum absolute atomic E-state index is 15.8. The Morgan fingerprint density at radius 3 is 1.79 bits per heavy atom. The molecular weight excluding hydrogens is 1370 g/mol. The molecule has 4 saturated carbocycles. The number of nitrogens with one attached hydrogen (secondary N) is 3. The summed E-state index contributed by atoms with van der Waals surface area (Å²) in [5.41, 5.74) is -1.71. The van der Waals surface area contributed by atoms with E-state index in [1.165, 1.54) is 105 Å². The van der Waals surface area contributed by atoms with Gasteiger partial charge in [0.1, 0.15) is 59.9 Å². The summed E-state index contributed by atoms with van der Waals surface area (Å²) in [6, 6.07) is -11.7. The lowest BCUT2D eigenvalue weighted by Gasteiger charge is -2.45. The van der Waals surface area contributed by atoms with Gasteiger partial charge in [-0.15, -0.1) is 11.6 Å². The second-order valence-electron chi connectivity index (χ2n) is 31.9. The summed E-state index contributed by atoms with van der Waals surface area (Å²) >= 11 is 6.43. The van der Waals surface area contributed by atoms with E-state index in [0.29, 0.717) is 64.5 Å². The number of hydrogen-bond donors (Lipinski definition) is 3. The van der Waals surface area contributed by atoms with E-state index in [4.69, 9.17) is 11.6 Å². The summed E-state index contributed by atoms with van der Waals surface area (Å²) in [6.07, 6.45) is 3.33. The van der Waals surface area contributed by atoms with Gasteiger partial charge in [0, 0.05) is 88.4 Å². The predicted octanol–water partition coefficient (Wildman–Crippen LogP) is 5.16. The maximum Gasteiger partial charge on any atom is 0.393 e. The molecule has 30 heteroatoms. The number of amides is 13. The van der Waals surface area contributed by atoms with E-state index in [0.717, 1.165) is 46.8 Å². The predicted molar refractivity (Wildman–Crippen MR) is 383 cm³/mol. The van der Waals surface area contributed by atoms with Crippen LogP contribution in [0.5, 0.6) is 0 Å². The Morgan fingerprint density at radius 2 is 1.24 bits per heavy atom. The second-order valence-corrected chi connectivity index (χ2v) is 32.5. The number of carbonyl (C=O) groups excluding carboxylic acids is 13. The Hall–Kier alpha value is -6.81. The molecule has 3 N–H and O–H groups in total. The van der Waals surface area contributed by atoms with Gasteiger partial charge in [-0.2, -0.15) is 13.2 Å². The largest absolute Gasteiger partial charge is 0.393 e. The third-order valence-corrected chi connectivity index (χ3v) is 24.6. The van der Waals surface area contributed by atoms with Crippen molar-refractivity contribution < 1.29 is 75.5 Å². The Morgan fingerprint density at radius 1 is 0.625 bits per heavy atom. The van der Waals surface area contributed by atoms with E-state index in [1.807, 2.05) is 20.8 Å². The molecule has 7 aliphatic rings. The first-order chi connectivity index (χ1) is 48.8. The zero-order chi connectivity index (χ0) is 77.1. The van der Waals surface area contributed by atoms with Crippen LogP contribution in [0.15, 0.2) is 0 Å². The van der Waals surface area contributed by atoms with Crippen LogP contribution in [0.3, 0.4) is 0 Å². The van der Waals surface area contributed by atoms with Crippen molar-refractivity contribution in [2.45, 2.75) is 267 Å². The smallest absolute Gasteiger partial charge is 0.347 e. The van der Waals surface area contributed by atoms with Gasteiger partial charge in [0.15, 0.2) is 0 Å². The fraction of sp³-hybridized carbons (Fsp3) is 0.824. The minimum absolute atomic E-state index is 0.00324. The summed E-state index contributed by atoms with van der Waals surface area (Å²) in [4.78, 5) is 208. The highest BCUT2D eigenvalue weighted by molar-refractivity contribution is 6.21. The summed E-state index contributed by atoms with van der Waals surface area (Å²) in [5.74, 6) is -12.2. The van der Waals surface area contributed by atoms with E-state index >= 15 is 24.0 Å². The molecule has 0 aromatic rings. The van der Waals surface area contributed by atoms with Gasteiger partial charge in [-0.1, -0.05) is 91.9 Å². The fourth-order valence-corrected chi connectivity index (χ4v) is 17.2. The number of fused-ring (bicyclic) bond motifs is 1. The summed E-state index contributed by atoms with van der Waals surface area (Å²) < 4.78 is 42.3. The second kappa shape index (κ2) is 36.7. The van der Waals surface area contributed by atoms with Crippen LogP contribution < -0.4 is 16.0 Å². The molecule has 3 saturated heterocycles. The quantitative estimate of drug-likeness (QED) is 0.201. The van der Waals surface area contributed by atoms with Crippen LogP contribution in [-0.4, -0.2) is 287 Å². The van der Waals surface area contributed by atoms with Crippen LogP contribution in [0.1, 0.15) is 195 Å². The van der Waals surface area contributed by atoms with Crippen molar-refractivity contribution in [2.75, 3.05) is 89.6 Å². The Balaban J connectivity index is 1.31. The van der Waals surface area contributed by atoms with Gasteiger partial charge in [-0.25, -0.2) is 0 Å². The van der Waals surface area contributed by atoms with Crippen molar-refractivity contribution in [2.24, 2.45) is 35.5 Å². The zero-order valence-electron chi connectivity index (χ0n) is 64.0. The Kier molecular flexibility index (Phi) is 29.8. The lowest BCUT2D eigenvalue weighted by Crippen LogP contribution is -2.65. The monoisotopic (exact) mass is 1490 g/mol. The maximum atomic E-state index is 15.8. The van der Waals surface area contributed by atoms with Gasteiger partial charge in [-0.05, 0) is 120 Å². The molecule has 0 aromatic heterocycles. The van der Waals surface area contributed by atoms with E-state index in [2.05, 4.69) is 16.0 Å². The van der Waals surface area contributed by atoms with E-state index in [-0.39, 0.29) is 82.6 Å². The molecule has 104 heavy (non-hydrogen) atoms. The Bertz CT molecular complexity index is 3100. The average molecular weight is 1490 g/mol. The first-order valence-electron chi connectivity index (χ1n) is 38.1. The molecule has 4 aliphatic carbocycles. The lowest BCUT2D eigenvalue weighted by molar-refractivity contribution is -0.182. The molecule has 13 amide bonds. The number of likely N-dealkylation sites (tertiary alicyclic amines) is 1. The van der Waals surface area contributed by atoms with E-state index in [1.54, 1.807) is 6.92 Å². The molecular formula is C74H119ClF3N13O13. The summed E-state index contributed by atoms with van der Waals surface area (Å²) in [6.45, 7) is 9.05. The van der Waals surface area contributed by atoms with Crippen molar-refractivity contribution in [3.63, 3.8) is 0 Å². The highest BCUT2D eigenvalue weighted by Crippen LogP contribution is 2.44. The average Bonchev–Trinajstić information content (AvgIpc) is 1.50. The van der Waals surface area contributed by atoms with E-state index in [9.17, 15) is 51.5 Å². The van der Waals surface area contributed by atoms with Gasteiger partial charge < -0.3 is 64.9 Å². The first kappa shape index (κ1) is 84.5. The van der Waals surface area contributed by atoms with Crippen LogP contribution in [-0.2, 0) is 62.3 Å². The van der Waals surface area contributed by atoms with Crippen molar-refractivity contribution in [1.82, 2.24) is 64.9 Å². The SMILES string of the molecule is CC[C@H](C)[C@@H]1NC(=O)[C@H](CC(C)C)N(C)C(=O)C[C@@H](C(=O)N(C)C)N(C)C(=O)[C@H](C2CCCC2)N(C)C(=O)C2(CCCC2)NC(=O)[C@H](CC(=O)N2CCC2)N(C)C(=O)[C@H](CCC2CCC(C(F)(F)F)C(Cl)C2)NC(=O)CN(C)C(=O)[C@H](CC2CCCCC2)N(C)C(=O)[C@@H]2CCN2C(=O)[C@H](C)N(C)C1=O. The first-order valence-corrected chi connectivity index (χ1v) is 38.6. The molecule has 586 valence electrons. The minimum atomic E-state index is -4.55. The molecule has 0 bridgehead atoms. The molecule has 26 nitrogen and oxygen atoms in total. The standard InChI is InChI=1S/C74H119ClF3N13O13/c1-15-45(4)61-70(102)84(9)46(5)65(97)91-37-32-53(91)69(101)87(12)56(40-47-24-17-16-18-25-47)68(100)83(8)43-58(92)79-52(31-29-48-28-30-50(51(75)39-48)74(76,77)78)66(98)86(11)55(41-60(94)90-35-23-36-90)64(96)81-73(33-21-22-34-73)72(104)89(14)62(49-26-19-20-27-49)71(103)88(13)57(67(99)82(6)7)42-59(93)85(10)54(38-44(2)3)63(95)80-61/h44-57,61-62H,15-43H2,1-14H3,(H,79,92)(H,80,95)(H,81,96)/t45-,46-,48?,50?,51?,52-,53-,54-,55-,56-,57-,61-,62-/m0/s1. The third-order valence-electron chi connectivity index (χ3n) is 24.1. The zero-order valence-corrected chi connectivity index (χ0v) is 64.8. The Labute approximate surface area is 617 Å². The van der Waals surface area contributed by atoms with Gasteiger partial charge >= 0.3 is 6.18 Å². The molecule has 7 rings (SSSR count). The van der Waals surface area contributed by atoms with Crippen molar-refractivity contribution >= 4 is 88.4 Å². The number of nitrogens with zero attached hydrogens (tertiary/aromatic N) is 10. The molecule has 13 atom stereocenters. The molecule has 1 spiro atoms. The summed E-state index contributed by atoms with van der Waals surface area (Å²) in [7, 11) is 12.8. The third kappa shape index (κ3) is 20.1. The number of hydrogen-bond acceptors (Lipinski definition) is 13. The van der Waals surface area contributed by atoms with Gasteiger partial charge in [0.25, 0.3) is 0 Å². The van der Waals surface area contributed by atoms with Crippen molar-refractivity contribution in [3.05, 3.63) is 0 Å². The number of likely N-dealkylation sites (N-methyl/N-ethyl adjacent to an activating group) is 8. The highest BCUT2D eigenvalue weighted by Gasteiger charge is 2.53. The van der Waals surface area contributed by atoms with Crippen LogP contribution in [0.4, 0.5) is 13.2 Å². The number of halogens is 4. The highest BCUT2D eigenvalue weighted by atomic mass is 35.5. The van der Waals surface area contributed by atoms with Crippen LogP contribution in [0, 0.1) is 35.5 Å². The molecule has 3 unspecified atom stereocenters. The number of rotatable bonds is 13. The number of alkyl halides is 4. The molecule has 0 radical (unpaired) electrons. The molecule has 3 heterocycles. The van der Waals surface area contributed by atoms with Gasteiger partial charge in [0.05, 0.1) is 25.3 Å². The minimum Gasteiger partial charge on any atom is -0.347 e. The molecule has 7 fully saturated rings. The summed E-state index contributed by atoms with van der Waals surface area (Å²) in [5, 5.41) is 7.43. The molecule has 0 aromatic carbocycles.